The number of sulfonamides is 1. The van der Waals surface area contributed by atoms with E-state index >= 15 is 0 Å². The van der Waals surface area contributed by atoms with Gasteiger partial charge in [-0.3, -0.25) is 9.59 Å². The van der Waals surface area contributed by atoms with Crippen LogP contribution in [-0.4, -0.2) is 48.9 Å². The van der Waals surface area contributed by atoms with Gasteiger partial charge in [-0.05, 0) is 56.2 Å². The van der Waals surface area contributed by atoms with Gasteiger partial charge in [0.15, 0.2) is 4.80 Å². The van der Waals surface area contributed by atoms with Gasteiger partial charge in [0.05, 0.1) is 21.7 Å². The van der Waals surface area contributed by atoms with Crippen molar-refractivity contribution in [3.8, 4) is 0 Å². The van der Waals surface area contributed by atoms with Gasteiger partial charge in [0.2, 0.25) is 10.0 Å². The number of rotatable bonds is 7. The summed E-state index contributed by atoms with van der Waals surface area (Å²) >= 11 is 1.07. The maximum Gasteiger partial charge on any atom is 0.326 e. The number of carbonyl (C=O) groups is 2. The molecule has 174 valence electrons. The summed E-state index contributed by atoms with van der Waals surface area (Å²) in [7, 11) is -2.08. The molecule has 1 saturated carbocycles. The molecule has 33 heavy (non-hydrogen) atoms. The average molecular weight is 492 g/mol. The molecular formula is C22H22FN3O5S2. The molecule has 1 fully saturated rings. The Morgan fingerprint density at radius 1 is 1.21 bits per heavy atom. The van der Waals surface area contributed by atoms with Crippen LogP contribution in [0.2, 0.25) is 0 Å². The number of benzene rings is 2. The molecule has 0 aliphatic heterocycles. The first-order valence-electron chi connectivity index (χ1n) is 10.3. The third-order valence-electron chi connectivity index (χ3n) is 5.28. The Hall–Kier alpha value is -2.89. The van der Waals surface area contributed by atoms with Crippen molar-refractivity contribution in [2.75, 3.05) is 13.7 Å². The molecule has 3 aromatic rings. The Bertz CT molecular complexity index is 1390. The van der Waals surface area contributed by atoms with Crippen molar-refractivity contribution in [3.05, 3.63) is 58.6 Å². The number of amides is 1. The standard InChI is InChI=1S/C22H22FN3O5S2/c1-3-31-19(27)13-26-20-17(23)5-4-6-18(20)32-22(26)24-21(28)14-7-11-16(12-8-14)33(29,30)25(2)15-9-10-15/h4-8,11-12,15H,3,9-10,13H2,1-2H3. The van der Waals surface area contributed by atoms with Gasteiger partial charge in [0, 0.05) is 18.7 Å². The molecule has 4 rings (SSSR count). The van der Waals surface area contributed by atoms with Crippen LogP contribution in [0.1, 0.15) is 30.1 Å². The molecule has 0 N–H and O–H groups in total. The van der Waals surface area contributed by atoms with Gasteiger partial charge in [0.25, 0.3) is 5.91 Å². The van der Waals surface area contributed by atoms with E-state index in [0.29, 0.717) is 4.70 Å². The van der Waals surface area contributed by atoms with Crippen LogP contribution in [0.3, 0.4) is 0 Å². The molecule has 0 radical (unpaired) electrons. The maximum atomic E-state index is 14.5. The number of para-hydroxylation sites is 1. The number of fused-ring (bicyclic) bond motifs is 1. The van der Waals surface area contributed by atoms with Crippen molar-refractivity contribution in [1.82, 2.24) is 8.87 Å². The molecule has 11 heteroatoms. The lowest BCUT2D eigenvalue weighted by molar-refractivity contribution is -0.143. The zero-order chi connectivity index (χ0) is 23.8. The van der Waals surface area contributed by atoms with E-state index in [-0.39, 0.29) is 40.0 Å². The lowest BCUT2D eigenvalue weighted by Gasteiger charge is -2.16. The first-order chi connectivity index (χ1) is 15.7. The SMILES string of the molecule is CCOC(=O)Cn1c(=NC(=O)c2ccc(S(=O)(=O)N(C)C3CC3)cc2)sc2cccc(F)c21. The van der Waals surface area contributed by atoms with Crippen molar-refractivity contribution >= 4 is 43.5 Å². The summed E-state index contributed by atoms with van der Waals surface area (Å²) in [5.41, 5.74) is 0.329. The summed E-state index contributed by atoms with van der Waals surface area (Å²) < 4.78 is 47.9. The zero-order valence-electron chi connectivity index (χ0n) is 18.0. The molecule has 0 spiro atoms. The number of ether oxygens (including phenoxy) is 1. The van der Waals surface area contributed by atoms with E-state index in [4.69, 9.17) is 4.74 Å². The normalized spacial score (nSPS) is 14.7. The summed E-state index contributed by atoms with van der Waals surface area (Å²) in [6, 6.07) is 10.0. The van der Waals surface area contributed by atoms with Gasteiger partial charge in [0.1, 0.15) is 12.4 Å². The molecule has 1 aliphatic rings. The second kappa shape index (κ2) is 9.16. The highest BCUT2D eigenvalue weighted by molar-refractivity contribution is 7.89. The summed E-state index contributed by atoms with van der Waals surface area (Å²) in [6.07, 6.45) is 1.68. The smallest absolute Gasteiger partial charge is 0.326 e. The van der Waals surface area contributed by atoms with Crippen molar-refractivity contribution in [3.63, 3.8) is 0 Å². The average Bonchev–Trinajstić information content (AvgIpc) is 3.57. The fraction of sp³-hybridized carbons (Fsp3) is 0.318. The Balaban J connectivity index is 1.69. The van der Waals surface area contributed by atoms with Crippen LogP contribution in [0.15, 0.2) is 52.4 Å². The third-order valence-corrected chi connectivity index (χ3v) is 8.25. The first-order valence-corrected chi connectivity index (χ1v) is 12.6. The van der Waals surface area contributed by atoms with Crippen LogP contribution in [-0.2, 0) is 26.1 Å². The van der Waals surface area contributed by atoms with Crippen LogP contribution >= 0.6 is 11.3 Å². The predicted molar refractivity (Wildman–Crippen MR) is 121 cm³/mol. The van der Waals surface area contributed by atoms with Crippen molar-refractivity contribution in [2.45, 2.75) is 37.2 Å². The van der Waals surface area contributed by atoms with Gasteiger partial charge in [-0.15, -0.1) is 0 Å². The molecule has 0 bridgehead atoms. The van der Waals surface area contributed by atoms with E-state index in [2.05, 4.69) is 4.99 Å². The fourth-order valence-corrected chi connectivity index (χ4v) is 5.83. The number of halogens is 1. The van der Waals surface area contributed by atoms with Gasteiger partial charge in [-0.2, -0.15) is 9.30 Å². The van der Waals surface area contributed by atoms with Crippen LogP contribution in [0.4, 0.5) is 4.39 Å². The second-order valence-corrected chi connectivity index (χ2v) is 10.6. The van der Waals surface area contributed by atoms with E-state index in [1.807, 2.05) is 0 Å². The number of thiazole rings is 1. The number of aromatic nitrogens is 1. The molecule has 0 atom stereocenters. The van der Waals surface area contributed by atoms with E-state index in [0.717, 1.165) is 24.2 Å². The molecule has 1 aromatic heterocycles. The monoisotopic (exact) mass is 491 g/mol. The predicted octanol–water partition coefficient (Wildman–Crippen LogP) is 2.93. The number of hydrogen-bond donors (Lipinski definition) is 0. The third kappa shape index (κ3) is 4.75. The molecule has 8 nitrogen and oxygen atoms in total. The quantitative estimate of drug-likeness (QED) is 0.474. The topological polar surface area (TPSA) is 98.0 Å². The molecule has 1 heterocycles. The van der Waals surface area contributed by atoms with Crippen molar-refractivity contribution < 1.29 is 27.1 Å². The minimum absolute atomic E-state index is 0.0227. The first kappa shape index (κ1) is 23.3. The number of esters is 1. The minimum atomic E-state index is -3.63. The van der Waals surface area contributed by atoms with Crippen molar-refractivity contribution in [1.29, 1.82) is 0 Å². The number of nitrogens with zero attached hydrogens (tertiary/aromatic N) is 3. The molecule has 1 amide bonds. The Kier molecular flexibility index (Phi) is 6.46. The molecular weight excluding hydrogens is 469 g/mol. The lowest BCUT2D eigenvalue weighted by atomic mass is 10.2. The highest BCUT2D eigenvalue weighted by Gasteiger charge is 2.35. The largest absolute Gasteiger partial charge is 0.465 e. The van der Waals surface area contributed by atoms with E-state index in [9.17, 15) is 22.4 Å². The van der Waals surface area contributed by atoms with Crippen LogP contribution < -0.4 is 4.80 Å². The maximum absolute atomic E-state index is 14.5. The molecule has 0 saturated heterocycles. The van der Waals surface area contributed by atoms with E-state index in [1.54, 1.807) is 20.0 Å². The lowest BCUT2D eigenvalue weighted by Crippen LogP contribution is -2.28. The zero-order valence-corrected chi connectivity index (χ0v) is 19.7. The van der Waals surface area contributed by atoms with Gasteiger partial charge in [-0.25, -0.2) is 12.8 Å². The molecule has 1 aliphatic carbocycles. The highest BCUT2D eigenvalue weighted by Crippen LogP contribution is 2.30. The second-order valence-electron chi connectivity index (χ2n) is 7.56. The number of hydrogen-bond acceptors (Lipinski definition) is 6. The molecule has 2 aromatic carbocycles. The summed E-state index contributed by atoms with van der Waals surface area (Å²) in [5, 5.41) is 0. The Labute approximate surface area is 194 Å². The van der Waals surface area contributed by atoms with Crippen molar-refractivity contribution in [2.24, 2.45) is 4.99 Å². The van der Waals surface area contributed by atoms with Gasteiger partial charge >= 0.3 is 5.97 Å². The van der Waals surface area contributed by atoms with Gasteiger partial charge in [-0.1, -0.05) is 17.4 Å². The number of carbonyl (C=O) groups excluding carboxylic acids is 2. The molecule has 0 unspecified atom stereocenters. The Morgan fingerprint density at radius 3 is 2.55 bits per heavy atom. The summed E-state index contributed by atoms with van der Waals surface area (Å²) in [5.74, 6) is -1.76. The fourth-order valence-electron chi connectivity index (χ4n) is 3.38. The van der Waals surface area contributed by atoms with Gasteiger partial charge < -0.3 is 9.30 Å². The van der Waals surface area contributed by atoms with Crippen LogP contribution in [0.5, 0.6) is 0 Å². The van der Waals surface area contributed by atoms with Crippen LogP contribution in [0.25, 0.3) is 10.2 Å². The summed E-state index contributed by atoms with van der Waals surface area (Å²) in [4.78, 5) is 29.2. The van der Waals surface area contributed by atoms with E-state index < -0.39 is 27.7 Å². The minimum Gasteiger partial charge on any atom is -0.465 e. The highest BCUT2D eigenvalue weighted by atomic mass is 32.2. The van der Waals surface area contributed by atoms with Crippen LogP contribution in [0, 0.1) is 5.82 Å². The van der Waals surface area contributed by atoms with E-state index in [1.165, 1.54) is 45.3 Å². The summed E-state index contributed by atoms with van der Waals surface area (Å²) in [6.45, 7) is 1.53. The Morgan fingerprint density at radius 2 is 1.91 bits per heavy atom.